The van der Waals surface area contributed by atoms with Gasteiger partial charge in [-0.05, 0) is 44.2 Å². The average Bonchev–Trinajstić information content (AvgIpc) is 2.99. The van der Waals surface area contributed by atoms with Gasteiger partial charge in [0.1, 0.15) is 0 Å². The predicted molar refractivity (Wildman–Crippen MR) is 84.0 cm³/mol. The van der Waals surface area contributed by atoms with E-state index in [2.05, 4.69) is 25.7 Å². The summed E-state index contributed by atoms with van der Waals surface area (Å²) in [6.07, 6.45) is 5.02. The first-order valence-corrected chi connectivity index (χ1v) is 8.28. The van der Waals surface area contributed by atoms with E-state index in [0.717, 1.165) is 26.0 Å². The van der Waals surface area contributed by atoms with E-state index in [1.165, 1.54) is 25.9 Å². The van der Waals surface area contributed by atoms with Crippen LogP contribution in [0.2, 0.25) is 0 Å². The summed E-state index contributed by atoms with van der Waals surface area (Å²) in [7, 11) is 0. The summed E-state index contributed by atoms with van der Waals surface area (Å²) >= 11 is 0. The first kappa shape index (κ1) is 17.9. The molecule has 1 atom stereocenters. The molecule has 0 bridgehead atoms. The summed E-state index contributed by atoms with van der Waals surface area (Å²) in [6.45, 7) is 12.9. The predicted octanol–water partition coefficient (Wildman–Crippen LogP) is 2.27. The Bertz CT molecular complexity index is 239. The summed E-state index contributed by atoms with van der Waals surface area (Å²) in [5, 5.41) is 0. The lowest BCUT2D eigenvalue weighted by Crippen LogP contribution is -2.40. The van der Waals surface area contributed by atoms with E-state index in [4.69, 9.17) is 15.2 Å². The molecule has 0 aliphatic carbocycles. The van der Waals surface area contributed by atoms with E-state index >= 15 is 0 Å². The van der Waals surface area contributed by atoms with Crippen LogP contribution in [0.5, 0.6) is 0 Å². The minimum Gasteiger partial charge on any atom is -0.378 e. The van der Waals surface area contributed by atoms with E-state index in [1.807, 2.05) is 0 Å². The van der Waals surface area contributed by atoms with E-state index in [9.17, 15) is 0 Å². The van der Waals surface area contributed by atoms with Crippen LogP contribution in [0, 0.1) is 5.41 Å². The van der Waals surface area contributed by atoms with E-state index in [0.29, 0.717) is 19.8 Å². The molecular formula is C16H34N2O2. The fraction of sp³-hybridized carbons (Fsp3) is 1.00. The highest BCUT2D eigenvalue weighted by Gasteiger charge is 2.30. The smallest absolute Gasteiger partial charge is 0.0751 e. The fourth-order valence-electron chi connectivity index (χ4n) is 2.81. The third-order valence-corrected chi connectivity index (χ3v) is 4.90. The quantitative estimate of drug-likeness (QED) is 0.592. The summed E-state index contributed by atoms with van der Waals surface area (Å²) in [4.78, 5) is 2.47. The van der Waals surface area contributed by atoms with E-state index < -0.39 is 0 Å². The minimum absolute atomic E-state index is 0.139. The van der Waals surface area contributed by atoms with Gasteiger partial charge in [0, 0.05) is 13.1 Å². The van der Waals surface area contributed by atoms with Crippen LogP contribution in [0.4, 0.5) is 0 Å². The summed E-state index contributed by atoms with van der Waals surface area (Å²) in [6, 6.07) is 0. The Kier molecular flexibility index (Phi) is 8.69. The van der Waals surface area contributed by atoms with Crippen LogP contribution in [0.15, 0.2) is 0 Å². The number of likely N-dealkylation sites (tertiary alicyclic amines) is 1. The van der Waals surface area contributed by atoms with Crippen molar-refractivity contribution in [1.29, 1.82) is 0 Å². The molecule has 120 valence electrons. The zero-order chi connectivity index (χ0) is 14.8. The second-order valence-corrected chi connectivity index (χ2v) is 6.12. The maximum Gasteiger partial charge on any atom is 0.0751 e. The molecule has 1 fully saturated rings. The minimum atomic E-state index is 0.139. The van der Waals surface area contributed by atoms with Crippen LogP contribution in [0.3, 0.4) is 0 Å². The van der Waals surface area contributed by atoms with Gasteiger partial charge < -0.3 is 20.1 Å². The molecule has 0 saturated carbocycles. The molecule has 0 radical (unpaired) electrons. The molecule has 4 heteroatoms. The first-order chi connectivity index (χ1) is 9.66. The molecule has 1 saturated heterocycles. The average molecular weight is 286 g/mol. The lowest BCUT2D eigenvalue weighted by Gasteiger charge is -2.35. The molecule has 1 aliphatic rings. The number of nitrogens with two attached hydrogens (primary N) is 1. The van der Waals surface area contributed by atoms with Crippen LogP contribution in [-0.4, -0.2) is 57.0 Å². The van der Waals surface area contributed by atoms with Crippen molar-refractivity contribution in [2.24, 2.45) is 11.1 Å². The van der Waals surface area contributed by atoms with E-state index in [1.54, 1.807) is 0 Å². The Morgan fingerprint density at radius 1 is 1.10 bits per heavy atom. The normalized spacial score (nSPS) is 18.6. The standard InChI is InChI=1S/C16H34N2O2/c1-4-16(3,5-2)15(14-17)20-13-12-19-11-10-18-8-6-7-9-18/h15H,4-14,17H2,1-3H3. The molecule has 1 rings (SSSR count). The third-order valence-electron chi connectivity index (χ3n) is 4.90. The van der Waals surface area contributed by atoms with Crippen LogP contribution >= 0.6 is 0 Å². The maximum absolute atomic E-state index is 5.95. The van der Waals surface area contributed by atoms with Gasteiger partial charge >= 0.3 is 0 Å². The van der Waals surface area contributed by atoms with Crippen molar-refractivity contribution in [2.75, 3.05) is 46.0 Å². The van der Waals surface area contributed by atoms with Crippen molar-refractivity contribution >= 4 is 0 Å². The molecule has 2 N–H and O–H groups in total. The molecule has 1 heterocycles. The van der Waals surface area contributed by atoms with Gasteiger partial charge in [-0.3, -0.25) is 0 Å². The second-order valence-electron chi connectivity index (χ2n) is 6.12. The highest BCUT2D eigenvalue weighted by molar-refractivity contribution is 4.81. The summed E-state index contributed by atoms with van der Waals surface area (Å²) < 4.78 is 11.6. The van der Waals surface area contributed by atoms with Crippen LogP contribution < -0.4 is 5.73 Å². The number of nitrogens with zero attached hydrogens (tertiary/aromatic N) is 1. The van der Waals surface area contributed by atoms with Crippen molar-refractivity contribution in [1.82, 2.24) is 4.90 Å². The summed E-state index contributed by atoms with van der Waals surface area (Å²) in [5.41, 5.74) is 6.05. The number of hydrogen-bond donors (Lipinski definition) is 1. The second kappa shape index (κ2) is 9.72. The first-order valence-electron chi connectivity index (χ1n) is 8.28. The molecular weight excluding hydrogens is 252 g/mol. The number of ether oxygens (including phenoxy) is 2. The van der Waals surface area contributed by atoms with Crippen LogP contribution in [0.1, 0.15) is 46.5 Å². The van der Waals surface area contributed by atoms with E-state index in [-0.39, 0.29) is 11.5 Å². The Morgan fingerprint density at radius 2 is 1.75 bits per heavy atom. The van der Waals surface area contributed by atoms with Gasteiger partial charge in [0.2, 0.25) is 0 Å². The van der Waals surface area contributed by atoms with Gasteiger partial charge in [-0.2, -0.15) is 0 Å². The molecule has 0 amide bonds. The van der Waals surface area contributed by atoms with Gasteiger partial charge in [-0.15, -0.1) is 0 Å². The zero-order valence-electron chi connectivity index (χ0n) is 13.7. The van der Waals surface area contributed by atoms with Crippen molar-refractivity contribution in [3.63, 3.8) is 0 Å². The van der Waals surface area contributed by atoms with Gasteiger partial charge in [0.15, 0.2) is 0 Å². The molecule has 0 spiro atoms. The maximum atomic E-state index is 5.95. The molecule has 1 aliphatic heterocycles. The van der Waals surface area contributed by atoms with Crippen molar-refractivity contribution in [3.8, 4) is 0 Å². The molecule has 0 aromatic carbocycles. The zero-order valence-corrected chi connectivity index (χ0v) is 13.7. The van der Waals surface area contributed by atoms with Crippen molar-refractivity contribution < 1.29 is 9.47 Å². The Labute approximate surface area is 125 Å². The SMILES string of the molecule is CCC(C)(CC)C(CN)OCCOCCN1CCCC1. The monoisotopic (exact) mass is 286 g/mol. The summed E-state index contributed by atoms with van der Waals surface area (Å²) in [5.74, 6) is 0. The highest BCUT2D eigenvalue weighted by Crippen LogP contribution is 2.31. The molecule has 0 aromatic rings. The van der Waals surface area contributed by atoms with Gasteiger partial charge in [-0.25, -0.2) is 0 Å². The Balaban J connectivity index is 2.08. The highest BCUT2D eigenvalue weighted by atomic mass is 16.5. The number of hydrogen-bond acceptors (Lipinski definition) is 4. The third kappa shape index (κ3) is 5.68. The van der Waals surface area contributed by atoms with Crippen LogP contribution in [0.25, 0.3) is 0 Å². The molecule has 4 nitrogen and oxygen atoms in total. The van der Waals surface area contributed by atoms with Gasteiger partial charge in [0.25, 0.3) is 0 Å². The largest absolute Gasteiger partial charge is 0.378 e. The topological polar surface area (TPSA) is 47.7 Å². The number of rotatable bonds is 11. The molecule has 20 heavy (non-hydrogen) atoms. The van der Waals surface area contributed by atoms with Gasteiger partial charge in [-0.1, -0.05) is 20.8 Å². The van der Waals surface area contributed by atoms with Crippen LogP contribution in [-0.2, 0) is 9.47 Å². The lowest BCUT2D eigenvalue weighted by molar-refractivity contribution is -0.0541. The van der Waals surface area contributed by atoms with Crippen molar-refractivity contribution in [3.05, 3.63) is 0 Å². The lowest BCUT2D eigenvalue weighted by atomic mass is 9.79. The Morgan fingerprint density at radius 3 is 2.30 bits per heavy atom. The van der Waals surface area contributed by atoms with Gasteiger partial charge in [0.05, 0.1) is 25.9 Å². The fourth-order valence-corrected chi connectivity index (χ4v) is 2.81. The Hall–Kier alpha value is -0.160. The molecule has 1 unspecified atom stereocenters. The molecule has 0 aromatic heterocycles. The van der Waals surface area contributed by atoms with Crippen molar-refractivity contribution in [2.45, 2.75) is 52.6 Å².